The minimum atomic E-state index is 0. The van der Waals surface area contributed by atoms with Crippen LogP contribution in [0.15, 0.2) is 12.2 Å². The summed E-state index contributed by atoms with van der Waals surface area (Å²) < 4.78 is 0. The van der Waals surface area contributed by atoms with E-state index in [4.69, 9.17) is 0 Å². The van der Waals surface area contributed by atoms with Gasteiger partial charge in [0.1, 0.15) is 0 Å². The summed E-state index contributed by atoms with van der Waals surface area (Å²) in [7, 11) is 0. The zero-order valence-electron chi connectivity index (χ0n) is 3.71. The maximum Gasteiger partial charge on any atom is 0 e. The Morgan fingerprint density at radius 2 is 1.40 bits per heavy atom. The molecule has 0 heterocycles. The molecule has 0 spiro atoms. The molecular formula is C4H8Pb. The van der Waals surface area contributed by atoms with Gasteiger partial charge in [0.25, 0.3) is 0 Å². The first-order valence-electron chi connectivity index (χ1n) is 1.35. The minimum Gasteiger partial charge on any atom is -0.100 e. The van der Waals surface area contributed by atoms with E-state index in [1.54, 1.807) is 0 Å². The van der Waals surface area contributed by atoms with E-state index in [0.29, 0.717) is 0 Å². The average molecular weight is 263 g/mol. The topological polar surface area (TPSA) is 0 Å². The van der Waals surface area contributed by atoms with Crippen molar-refractivity contribution in [1.82, 2.24) is 0 Å². The van der Waals surface area contributed by atoms with E-state index in [0.717, 1.165) is 0 Å². The minimum absolute atomic E-state index is 0. The standard InChI is InChI=1S/C4H8.Pb/c1-4(2)3;/h1H2,2-3H3;. The second-order valence-electron chi connectivity index (χ2n) is 1.21. The van der Waals surface area contributed by atoms with Gasteiger partial charge < -0.3 is 0 Å². The molecule has 0 aromatic heterocycles. The molecule has 1 heteroatoms. The van der Waals surface area contributed by atoms with Gasteiger partial charge in [0.2, 0.25) is 0 Å². The van der Waals surface area contributed by atoms with Crippen molar-refractivity contribution in [2.75, 3.05) is 0 Å². The molecule has 0 aliphatic carbocycles. The molecule has 0 saturated heterocycles. The Kier molecular flexibility index (Phi) is 8.56. The molecule has 0 atom stereocenters. The van der Waals surface area contributed by atoms with Crippen LogP contribution < -0.4 is 0 Å². The number of hydrogen-bond donors (Lipinski definition) is 0. The summed E-state index contributed by atoms with van der Waals surface area (Å²) in [5.41, 5.74) is 1.17. The fraction of sp³-hybridized carbons (Fsp3) is 0.500. The Morgan fingerprint density at radius 1 is 1.40 bits per heavy atom. The van der Waals surface area contributed by atoms with E-state index < -0.39 is 0 Å². The Hall–Kier alpha value is 0.662. The number of hydrogen-bond acceptors (Lipinski definition) is 0. The fourth-order valence-electron chi connectivity index (χ4n) is 0. The van der Waals surface area contributed by atoms with Crippen LogP contribution in [-0.2, 0) is 0 Å². The molecule has 0 rings (SSSR count). The van der Waals surface area contributed by atoms with Crippen LogP contribution in [0.4, 0.5) is 0 Å². The Balaban J connectivity index is 0. The molecule has 28 valence electrons. The first kappa shape index (κ1) is 9.18. The van der Waals surface area contributed by atoms with E-state index in [1.165, 1.54) is 5.57 Å². The van der Waals surface area contributed by atoms with Crippen LogP contribution in [0.25, 0.3) is 0 Å². The molecule has 0 nitrogen and oxygen atoms in total. The molecule has 0 aromatic carbocycles. The predicted molar refractivity (Wildman–Crippen MR) is 26.2 cm³/mol. The second kappa shape index (κ2) is 4.66. The van der Waals surface area contributed by atoms with Crippen molar-refractivity contribution >= 4 is 27.3 Å². The van der Waals surface area contributed by atoms with Gasteiger partial charge in [-0.05, 0) is 13.8 Å². The molecule has 0 amide bonds. The largest absolute Gasteiger partial charge is 0.100 e. The molecule has 0 unspecified atom stereocenters. The van der Waals surface area contributed by atoms with Gasteiger partial charge in [-0.2, -0.15) is 0 Å². The summed E-state index contributed by atoms with van der Waals surface area (Å²) >= 11 is 0. The first-order chi connectivity index (χ1) is 1.73. The van der Waals surface area contributed by atoms with Gasteiger partial charge in [0.15, 0.2) is 0 Å². The van der Waals surface area contributed by atoms with Crippen LogP contribution in [0.3, 0.4) is 0 Å². The molecule has 5 heavy (non-hydrogen) atoms. The first-order valence-corrected chi connectivity index (χ1v) is 1.35. The number of rotatable bonds is 0. The molecule has 0 aliphatic rings. The van der Waals surface area contributed by atoms with Crippen molar-refractivity contribution in [3.05, 3.63) is 12.2 Å². The van der Waals surface area contributed by atoms with Crippen LogP contribution in [0.1, 0.15) is 13.8 Å². The Morgan fingerprint density at radius 3 is 1.40 bits per heavy atom. The summed E-state index contributed by atoms with van der Waals surface area (Å²) in [6, 6.07) is 0. The zero-order chi connectivity index (χ0) is 3.58. The van der Waals surface area contributed by atoms with Gasteiger partial charge in [-0.1, -0.05) is 5.57 Å². The third-order valence-electron chi connectivity index (χ3n) is 0. The molecule has 0 saturated carbocycles. The molecule has 0 fully saturated rings. The fourth-order valence-corrected chi connectivity index (χ4v) is 0. The van der Waals surface area contributed by atoms with Crippen molar-refractivity contribution in [1.29, 1.82) is 0 Å². The molecule has 0 aromatic rings. The van der Waals surface area contributed by atoms with E-state index in [-0.39, 0.29) is 27.3 Å². The van der Waals surface area contributed by atoms with Crippen LogP contribution in [0, 0.1) is 0 Å². The zero-order valence-corrected chi connectivity index (χ0v) is 7.59. The van der Waals surface area contributed by atoms with Crippen LogP contribution >= 0.6 is 0 Å². The Labute approximate surface area is 53.4 Å². The van der Waals surface area contributed by atoms with Gasteiger partial charge in [-0.25, -0.2) is 0 Å². The summed E-state index contributed by atoms with van der Waals surface area (Å²) in [5, 5.41) is 0. The van der Waals surface area contributed by atoms with E-state index >= 15 is 0 Å². The van der Waals surface area contributed by atoms with Gasteiger partial charge in [-0.15, -0.1) is 6.58 Å². The van der Waals surface area contributed by atoms with E-state index in [9.17, 15) is 0 Å². The third-order valence-corrected chi connectivity index (χ3v) is 0. The monoisotopic (exact) mass is 264 g/mol. The van der Waals surface area contributed by atoms with Gasteiger partial charge >= 0.3 is 0 Å². The molecular weight excluding hydrogens is 255 g/mol. The molecule has 0 bridgehead atoms. The smallest absolute Gasteiger partial charge is 0 e. The quantitative estimate of drug-likeness (QED) is 0.455. The van der Waals surface area contributed by atoms with Crippen LogP contribution in [0.2, 0.25) is 0 Å². The van der Waals surface area contributed by atoms with Crippen molar-refractivity contribution in [3.8, 4) is 0 Å². The van der Waals surface area contributed by atoms with E-state index in [2.05, 4.69) is 6.58 Å². The van der Waals surface area contributed by atoms with Gasteiger partial charge in [0, 0.05) is 27.3 Å². The van der Waals surface area contributed by atoms with E-state index in [1.807, 2.05) is 13.8 Å². The van der Waals surface area contributed by atoms with Gasteiger partial charge in [0.05, 0.1) is 0 Å². The summed E-state index contributed by atoms with van der Waals surface area (Å²) in [4.78, 5) is 0. The molecule has 0 N–H and O–H groups in total. The number of allylic oxidation sites excluding steroid dienone is 1. The van der Waals surface area contributed by atoms with Crippen molar-refractivity contribution in [2.45, 2.75) is 13.8 Å². The van der Waals surface area contributed by atoms with Crippen LogP contribution in [-0.4, -0.2) is 27.3 Å². The molecule has 4 radical (unpaired) electrons. The summed E-state index contributed by atoms with van der Waals surface area (Å²) in [5.74, 6) is 0. The third kappa shape index (κ3) is 75.4. The molecule has 0 aliphatic heterocycles. The van der Waals surface area contributed by atoms with Crippen molar-refractivity contribution in [2.24, 2.45) is 0 Å². The SMILES string of the molecule is C=C(C)C.[Pb]. The van der Waals surface area contributed by atoms with Gasteiger partial charge in [-0.3, -0.25) is 0 Å². The predicted octanol–water partition coefficient (Wildman–Crippen LogP) is 1.20. The summed E-state index contributed by atoms with van der Waals surface area (Å²) in [6.07, 6.45) is 0. The maximum atomic E-state index is 3.56. The average Bonchev–Trinajstić information content (AvgIpc) is 0.811. The van der Waals surface area contributed by atoms with Crippen LogP contribution in [0.5, 0.6) is 0 Å². The van der Waals surface area contributed by atoms with Crippen molar-refractivity contribution in [3.63, 3.8) is 0 Å². The Bertz CT molecular complexity index is 26.6. The normalized spacial score (nSPS) is 5.20. The summed E-state index contributed by atoms with van der Waals surface area (Å²) in [6.45, 7) is 7.50. The second-order valence-corrected chi connectivity index (χ2v) is 1.21. The van der Waals surface area contributed by atoms with Crippen molar-refractivity contribution < 1.29 is 0 Å². The maximum absolute atomic E-state index is 3.56.